The molecule has 0 bridgehead atoms. The molecule has 3 rings (SSSR count). The molecule has 5 nitrogen and oxygen atoms in total. The van der Waals surface area contributed by atoms with Crippen molar-refractivity contribution in [2.45, 2.75) is 43.3 Å². The molecule has 0 aliphatic heterocycles. The molecule has 6 heteroatoms. The van der Waals surface area contributed by atoms with Crippen molar-refractivity contribution in [3.05, 3.63) is 30.7 Å². The lowest BCUT2D eigenvalue weighted by molar-refractivity contribution is -0.119. The van der Waals surface area contributed by atoms with Gasteiger partial charge in [0.2, 0.25) is 5.91 Å². The normalized spacial score (nSPS) is 15.6. The molecule has 0 saturated heterocycles. The zero-order chi connectivity index (χ0) is 15.2. The average molecular weight is 317 g/mol. The fraction of sp³-hybridized carbons (Fsp3) is 0.438. The molecular formula is C16H19N3O2S. The van der Waals surface area contributed by atoms with Crippen molar-refractivity contribution >= 4 is 17.7 Å². The Labute approximate surface area is 133 Å². The number of aromatic nitrogens is 2. The van der Waals surface area contributed by atoms with E-state index in [9.17, 15) is 4.79 Å². The molecule has 1 saturated carbocycles. The number of hydrogen-bond acceptors (Lipinski definition) is 5. The maximum Gasteiger partial charge on any atom is 0.230 e. The summed E-state index contributed by atoms with van der Waals surface area (Å²) >= 11 is 1.35. The molecule has 1 N–H and O–H groups in total. The predicted molar refractivity (Wildman–Crippen MR) is 85.5 cm³/mol. The van der Waals surface area contributed by atoms with Crippen LogP contribution < -0.4 is 5.32 Å². The van der Waals surface area contributed by atoms with Crippen LogP contribution in [-0.2, 0) is 4.79 Å². The molecule has 2 aromatic rings. The number of carbonyl (C=O) groups is 1. The number of furan rings is 1. The van der Waals surface area contributed by atoms with Gasteiger partial charge in [-0.25, -0.2) is 9.97 Å². The standard InChI is InChI=1S/C16H19N3O2S/c20-15(18-12-5-2-1-3-6-12)11-22-16-17-9-8-13(19-16)14-7-4-10-21-14/h4,7-10,12H,1-3,5-6,11H2,(H,18,20). The maximum absolute atomic E-state index is 12.0. The number of thioether (sulfide) groups is 1. The second kappa shape index (κ2) is 7.45. The Morgan fingerprint density at radius 1 is 1.32 bits per heavy atom. The van der Waals surface area contributed by atoms with Gasteiger partial charge in [-0.3, -0.25) is 4.79 Å². The van der Waals surface area contributed by atoms with Gasteiger partial charge < -0.3 is 9.73 Å². The Kier molecular flexibility index (Phi) is 5.11. The van der Waals surface area contributed by atoms with Gasteiger partial charge in [-0.15, -0.1) is 0 Å². The smallest absolute Gasteiger partial charge is 0.230 e. The quantitative estimate of drug-likeness (QED) is 0.677. The SMILES string of the molecule is O=C(CSc1nccc(-c2ccco2)n1)NC1CCCCC1. The van der Waals surface area contributed by atoms with Crippen LogP contribution >= 0.6 is 11.8 Å². The van der Waals surface area contributed by atoms with E-state index in [0.717, 1.165) is 18.5 Å². The van der Waals surface area contributed by atoms with Crippen LogP contribution in [0.3, 0.4) is 0 Å². The third kappa shape index (κ3) is 4.10. The van der Waals surface area contributed by atoms with Crippen molar-refractivity contribution in [3.8, 4) is 11.5 Å². The molecule has 0 unspecified atom stereocenters. The van der Waals surface area contributed by atoms with Gasteiger partial charge in [-0.2, -0.15) is 0 Å². The number of carbonyl (C=O) groups excluding carboxylic acids is 1. The van der Waals surface area contributed by atoms with E-state index < -0.39 is 0 Å². The van der Waals surface area contributed by atoms with Gasteiger partial charge in [0, 0.05) is 12.2 Å². The van der Waals surface area contributed by atoms with E-state index in [4.69, 9.17) is 4.42 Å². The van der Waals surface area contributed by atoms with Crippen LogP contribution in [-0.4, -0.2) is 27.7 Å². The average Bonchev–Trinajstić information content (AvgIpc) is 3.09. The summed E-state index contributed by atoms with van der Waals surface area (Å²) in [5, 5.41) is 3.69. The van der Waals surface area contributed by atoms with Crippen LogP contribution in [0.2, 0.25) is 0 Å². The van der Waals surface area contributed by atoms with Crippen LogP contribution in [0.15, 0.2) is 40.2 Å². The van der Waals surface area contributed by atoms with Gasteiger partial charge in [-0.1, -0.05) is 31.0 Å². The number of nitrogens with zero attached hydrogens (tertiary/aromatic N) is 2. The van der Waals surface area contributed by atoms with E-state index in [0.29, 0.717) is 22.7 Å². The molecular weight excluding hydrogens is 298 g/mol. The van der Waals surface area contributed by atoms with Crippen LogP contribution in [0.25, 0.3) is 11.5 Å². The van der Waals surface area contributed by atoms with E-state index in [-0.39, 0.29) is 5.91 Å². The summed E-state index contributed by atoms with van der Waals surface area (Å²) in [4.78, 5) is 20.6. The van der Waals surface area contributed by atoms with Gasteiger partial charge in [0.05, 0.1) is 12.0 Å². The first-order valence-electron chi connectivity index (χ1n) is 7.60. The second-order valence-electron chi connectivity index (χ2n) is 5.39. The number of amides is 1. The fourth-order valence-corrected chi connectivity index (χ4v) is 3.26. The molecule has 116 valence electrons. The minimum atomic E-state index is 0.0592. The lowest BCUT2D eigenvalue weighted by atomic mass is 9.95. The van der Waals surface area contributed by atoms with Gasteiger partial charge in [0.25, 0.3) is 0 Å². The Morgan fingerprint density at radius 2 is 2.18 bits per heavy atom. The third-order valence-corrected chi connectivity index (χ3v) is 4.57. The predicted octanol–water partition coefficient (Wildman–Crippen LogP) is 3.28. The molecule has 1 aliphatic carbocycles. The van der Waals surface area contributed by atoms with Crippen molar-refractivity contribution < 1.29 is 9.21 Å². The third-order valence-electron chi connectivity index (χ3n) is 3.71. The first-order valence-corrected chi connectivity index (χ1v) is 8.59. The van der Waals surface area contributed by atoms with Crippen LogP contribution in [0.4, 0.5) is 0 Å². The number of rotatable bonds is 5. The van der Waals surface area contributed by atoms with Gasteiger partial charge in [0.15, 0.2) is 10.9 Å². The van der Waals surface area contributed by atoms with Crippen LogP contribution in [0.5, 0.6) is 0 Å². The largest absolute Gasteiger partial charge is 0.463 e. The zero-order valence-corrected chi connectivity index (χ0v) is 13.1. The van der Waals surface area contributed by atoms with Crippen molar-refractivity contribution in [3.63, 3.8) is 0 Å². The van der Waals surface area contributed by atoms with E-state index in [1.165, 1.54) is 31.0 Å². The molecule has 0 aromatic carbocycles. The molecule has 1 fully saturated rings. The highest BCUT2D eigenvalue weighted by Crippen LogP contribution is 2.21. The summed E-state index contributed by atoms with van der Waals surface area (Å²) in [6.07, 6.45) is 9.21. The lowest BCUT2D eigenvalue weighted by Crippen LogP contribution is -2.37. The molecule has 1 amide bonds. The minimum absolute atomic E-state index is 0.0592. The number of hydrogen-bond donors (Lipinski definition) is 1. The van der Waals surface area contributed by atoms with E-state index in [1.807, 2.05) is 12.1 Å². The highest BCUT2D eigenvalue weighted by molar-refractivity contribution is 7.99. The van der Waals surface area contributed by atoms with Crippen molar-refractivity contribution in [1.82, 2.24) is 15.3 Å². The van der Waals surface area contributed by atoms with E-state index in [1.54, 1.807) is 18.5 Å². The zero-order valence-electron chi connectivity index (χ0n) is 12.3. The van der Waals surface area contributed by atoms with Crippen molar-refractivity contribution in [1.29, 1.82) is 0 Å². The number of nitrogens with one attached hydrogen (secondary N) is 1. The summed E-state index contributed by atoms with van der Waals surface area (Å²) in [5.41, 5.74) is 0.732. The Bertz CT molecular complexity index is 610. The Hall–Kier alpha value is -1.82. The van der Waals surface area contributed by atoms with Gasteiger partial charge in [-0.05, 0) is 31.0 Å². The fourth-order valence-electron chi connectivity index (χ4n) is 2.62. The first-order chi connectivity index (χ1) is 10.8. The molecule has 2 heterocycles. The van der Waals surface area contributed by atoms with Crippen molar-refractivity contribution in [2.75, 3.05) is 5.75 Å². The first kappa shape index (κ1) is 15.1. The summed E-state index contributed by atoms with van der Waals surface area (Å²) in [7, 11) is 0. The highest BCUT2D eigenvalue weighted by atomic mass is 32.2. The second-order valence-corrected chi connectivity index (χ2v) is 6.34. The van der Waals surface area contributed by atoms with E-state index >= 15 is 0 Å². The Balaban J connectivity index is 1.52. The Morgan fingerprint density at radius 3 is 2.95 bits per heavy atom. The lowest BCUT2D eigenvalue weighted by Gasteiger charge is -2.22. The molecule has 0 atom stereocenters. The summed E-state index contributed by atoms with van der Waals surface area (Å²) in [6.45, 7) is 0. The van der Waals surface area contributed by atoms with Crippen LogP contribution in [0, 0.1) is 0 Å². The van der Waals surface area contributed by atoms with Gasteiger partial charge >= 0.3 is 0 Å². The van der Waals surface area contributed by atoms with Crippen molar-refractivity contribution in [2.24, 2.45) is 0 Å². The monoisotopic (exact) mass is 317 g/mol. The molecule has 22 heavy (non-hydrogen) atoms. The summed E-state index contributed by atoms with van der Waals surface area (Å²) in [6, 6.07) is 5.82. The van der Waals surface area contributed by atoms with E-state index in [2.05, 4.69) is 15.3 Å². The topological polar surface area (TPSA) is 68.0 Å². The summed E-state index contributed by atoms with van der Waals surface area (Å²) < 4.78 is 5.32. The highest BCUT2D eigenvalue weighted by Gasteiger charge is 2.16. The minimum Gasteiger partial charge on any atom is -0.463 e. The molecule has 1 aliphatic rings. The van der Waals surface area contributed by atoms with Gasteiger partial charge in [0.1, 0.15) is 5.69 Å². The molecule has 0 radical (unpaired) electrons. The molecule has 0 spiro atoms. The molecule has 2 aromatic heterocycles. The maximum atomic E-state index is 12.0. The summed E-state index contributed by atoms with van der Waals surface area (Å²) in [5.74, 6) is 1.11. The van der Waals surface area contributed by atoms with Crippen LogP contribution in [0.1, 0.15) is 32.1 Å².